The van der Waals surface area contributed by atoms with Crippen molar-refractivity contribution in [3.05, 3.63) is 53.8 Å². The minimum absolute atomic E-state index is 0.0324. The molecule has 0 fully saturated rings. The number of methoxy groups -OCH3 is 1. The highest BCUT2D eigenvalue weighted by Crippen LogP contribution is 2.26. The van der Waals surface area contributed by atoms with Gasteiger partial charge in [0.25, 0.3) is 5.91 Å². The number of nitrogens with one attached hydrogen (secondary N) is 2. The molecule has 0 radical (unpaired) electrons. The van der Waals surface area contributed by atoms with Crippen LogP contribution in [0, 0.1) is 11.7 Å². The molecule has 1 aliphatic heterocycles. The average molecular weight is 501 g/mol. The van der Waals surface area contributed by atoms with Crippen LogP contribution in [0.3, 0.4) is 0 Å². The third kappa shape index (κ3) is 6.72. The number of fused-ring (bicyclic) bond motifs is 1. The van der Waals surface area contributed by atoms with Crippen LogP contribution in [0.4, 0.5) is 20.6 Å². The minimum atomic E-state index is -0.589. The largest absolute Gasteiger partial charge is 0.491 e. The molecule has 2 aromatic rings. The molecule has 194 valence electrons. The summed E-state index contributed by atoms with van der Waals surface area (Å²) in [6, 6.07) is 9.44. The molecule has 2 N–H and O–H groups in total. The molecular weight excluding hydrogens is 467 g/mol. The number of halogens is 1. The lowest BCUT2D eigenvalue weighted by Crippen LogP contribution is -2.48. The lowest BCUT2D eigenvalue weighted by molar-refractivity contribution is -0.133. The molecule has 0 saturated heterocycles. The Bertz CT molecular complexity index is 1110. The lowest BCUT2D eigenvalue weighted by Gasteiger charge is -2.35. The molecular formula is C26H33FN4O5. The van der Waals surface area contributed by atoms with Crippen molar-refractivity contribution in [2.75, 3.05) is 44.5 Å². The van der Waals surface area contributed by atoms with E-state index in [0.29, 0.717) is 30.2 Å². The monoisotopic (exact) mass is 500 g/mol. The van der Waals surface area contributed by atoms with Gasteiger partial charge in [-0.2, -0.15) is 0 Å². The molecule has 9 nitrogen and oxygen atoms in total. The second-order valence-electron chi connectivity index (χ2n) is 9.07. The molecule has 0 bridgehead atoms. The number of carbonyl (C=O) groups is 3. The number of amides is 4. The number of rotatable bonds is 3. The van der Waals surface area contributed by atoms with Crippen molar-refractivity contribution in [2.45, 2.75) is 32.9 Å². The van der Waals surface area contributed by atoms with Gasteiger partial charge in [0.2, 0.25) is 5.91 Å². The summed E-state index contributed by atoms with van der Waals surface area (Å²) in [7, 11) is 3.25. The van der Waals surface area contributed by atoms with Gasteiger partial charge in [-0.3, -0.25) is 9.59 Å². The smallest absolute Gasteiger partial charge is 0.323 e. The van der Waals surface area contributed by atoms with Gasteiger partial charge in [0, 0.05) is 51.5 Å². The van der Waals surface area contributed by atoms with Gasteiger partial charge < -0.3 is 29.9 Å². The van der Waals surface area contributed by atoms with E-state index >= 15 is 0 Å². The van der Waals surface area contributed by atoms with Crippen molar-refractivity contribution in [2.24, 2.45) is 5.92 Å². The van der Waals surface area contributed by atoms with Crippen molar-refractivity contribution < 1.29 is 28.2 Å². The van der Waals surface area contributed by atoms with Gasteiger partial charge >= 0.3 is 6.03 Å². The molecule has 10 heteroatoms. The van der Waals surface area contributed by atoms with E-state index < -0.39 is 11.8 Å². The molecule has 0 saturated carbocycles. The van der Waals surface area contributed by atoms with Gasteiger partial charge in [-0.25, -0.2) is 9.18 Å². The SMILES string of the molecule is CO[C@H]1CN(C)C(=O)c2cc(NC(=O)Nc3cccc(F)c3)ccc2OC[C@H](C)N(C(C)=O)C[C@@H]1C. The predicted molar refractivity (Wildman–Crippen MR) is 135 cm³/mol. The van der Waals surface area contributed by atoms with Gasteiger partial charge in [0.15, 0.2) is 0 Å². The summed E-state index contributed by atoms with van der Waals surface area (Å²) in [6.07, 6.45) is -0.296. The van der Waals surface area contributed by atoms with Gasteiger partial charge in [-0.1, -0.05) is 13.0 Å². The Morgan fingerprint density at radius 1 is 1.08 bits per heavy atom. The van der Waals surface area contributed by atoms with Crippen molar-refractivity contribution in [1.82, 2.24) is 9.80 Å². The number of likely N-dealkylation sites (N-methyl/N-ethyl adjacent to an activating group) is 1. The summed E-state index contributed by atoms with van der Waals surface area (Å²) in [4.78, 5) is 41.4. The third-order valence-corrected chi connectivity index (χ3v) is 6.19. The maximum Gasteiger partial charge on any atom is 0.323 e. The molecule has 3 atom stereocenters. The molecule has 0 aromatic heterocycles. The van der Waals surface area contributed by atoms with Crippen LogP contribution >= 0.6 is 0 Å². The summed E-state index contributed by atoms with van der Waals surface area (Å²) < 4.78 is 25.1. The van der Waals surface area contributed by atoms with E-state index in [1.54, 1.807) is 37.3 Å². The Morgan fingerprint density at radius 2 is 1.78 bits per heavy atom. The Morgan fingerprint density at radius 3 is 2.42 bits per heavy atom. The quantitative estimate of drug-likeness (QED) is 0.668. The number of anilines is 2. The first-order valence-electron chi connectivity index (χ1n) is 11.7. The number of urea groups is 1. The fourth-order valence-corrected chi connectivity index (χ4v) is 4.15. The maximum absolute atomic E-state index is 13.4. The molecule has 0 unspecified atom stereocenters. The van der Waals surface area contributed by atoms with Gasteiger partial charge in [0.1, 0.15) is 18.2 Å². The van der Waals surface area contributed by atoms with E-state index in [0.717, 1.165) is 0 Å². The lowest BCUT2D eigenvalue weighted by atomic mass is 10.0. The second kappa shape index (κ2) is 11.9. The Hall–Kier alpha value is -3.66. The molecule has 3 rings (SSSR count). The van der Waals surface area contributed by atoms with Crippen molar-refractivity contribution in [3.63, 3.8) is 0 Å². The highest BCUT2D eigenvalue weighted by Gasteiger charge is 2.29. The Kier molecular flexibility index (Phi) is 8.87. The fraction of sp³-hybridized carbons (Fsp3) is 0.423. The predicted octanol–water partition coefficient (Wildman–Crippen LogP) is 3.82. The number of benzene rings is 2. The molecule has 0 spiro atoms. The zero-order chi connectivity index (χ0) is 26.4. The zero-order valence-electron chi connectivity index (χ0n) is 21.2. The zero-order valence-corrected chi connectivity index (χ0v) is 21.2. The molecule has 1 aliphatic rings. The summed E-state index contributed by atoms with van der Waals surface area (Å²) >= 11 is 0. The molecule has 1 heterocycles. The first-order valence-corrected chi connectivity index (χ1v) is 11.7. The van der Waals surface area contributed by atoms with E-state index in [1.165, 1.54) is 36.1 Å². The van der Waals surface area contributed by atoms with E-state index in [9.17, 15) is 18.8 Å². The standard InChI is InChI=1S/C26H33FN4O5/c1-16-13-31(18(3)32)17(2)15-36-23-10-9-21(12-22(23)25(33)30(4)14-24(16)35-5)29-26(34)28-20-8-6-7-19(27)11-20/h6-12,16-17,24H,13-15H2,1-5H3,(H2,28,29,34)/t16-,17-,24-/m0/s1. The molecule has 0 aliphatic carbocycles. The number of hydrogen-bond donors (Lipinski definition) is 2. The van der Waals surface area contributed by atoms with Gasteiger partial charge in [0.05, 0.1) is 17.7 Å². The highest BCUT2D eigenvalue weighted by atomic mass is 19.1. The van der Waals surface area contributed by atoms with Crippen LogP contribution < -0.4 is 15.4 Å². The van der Waals surface area contributed by atoms with Crippen LogP contribution in [0.5, 0.6) is 5.75 Å². The van der Waals surface area contributed by atoms with Crippen LogP contribution in [-0.4, -0.2) is 73.6 Å². The van der Waals surface area contributed by atoms with E-state index in [4.69, 9.17) is 9.47 Å². The number of hydrogen-bond acceptors (Lipinski definition) is 5. The third-order valence-electron chi connectivity index (χ3n) is 6.19. The van der Waals surface area contributed by atoms with Crippen LogP contribution in [0.25, 0.3) is 0 Å². The number of nitrogens with zero attached hydrogens (tertiary/aromatic N) is 2. The first-order chi connectivity index (χ1) is 17.1. The van der Waals surface area contributed by atoms with Crippen molar-refractivity contribution in [3.8, 4) is 5.75 Å². The summed E-state index contributed by atoms with van der Waals surface area (Å²) in [5, 5.41) is 5.22. The maximum atomic E-state index is 13.4. The average Bonchev–Trinajstić information content (AvgIpc) is 2.83. The number of ether oxygens (including phenoxy) is 2. The molecule has 36 heavy (non-hydrogen) atoms. The molecule has 4 amide bonds. The van der Waals surface area contributed by atoms with E-state index in [-0.39, 0.29) is 42.0 Å². The van der Waals surface area contributed by atoms with Crippen molar-refractivity contribution >= 4 is 29.2 Å². The van der Waals surface area contributed by atoms with Crippen LogP contribution in [0.15, 0.2) is 42.5 Å². The van der Waals surface area contributed by atoms with Crippen LogP contribution in [0.1, 0.15) is 31.1 Å². The number of carbonyl (C=O) groups excluding carboxylic acids is 3. The summed E-state index contributed by atoms with van der Waals surface area (Å²) in [5.74, 6) is -0.543. The summed E-state index contributed by atoms with van der Waals surface area (Å²) in [6.45, 7) is 6.34. The Labute approximate surface area is 210 Å². The topological polar surface area (TPSA) is 100 Å². The molecule has 2 aromatic carbocycles. The van der Waals surface area contributed by atoms with Crippen LogP contribution in [0.2, 0.25) is 0 Å². The highest BCUT2D eigenvalue weighted by molar-refractivity contribution is 6.02. The summed E-state index contributed by atoms with van der Waals surface area (Å²) in [5.41, 5.74) is 0.905. The van der Waals surface area contributed by atoms with Gasteiger partial charge in [-0.15, -0.1) is 0 Å². The van der Waals surface area contributed by atoms with E-state index in [2.05, 4.69) is 10.6 Å². The first kappa shape index (κ1) is 26.9. The Balaban J connectivity index is 1.88. The minimum Gasteiger partial charge on any atom is -0.491 e. The normalized spacial score (nSPS) is 20.9. The van der Waals surface area contributed by atoms with Gasteiger partial charge in [-0.05, 0) is 43.3 Å². The van der Waals surface area contributed by atoms with E-state index in [1.807, 2.05) is 13.8 Å². The van der Waals surface area contributed by atoms with Crippen molar-refractivity contribution in [1.29, 1.82) is 0 Å². The fourth-order valence-electron chi connectivity index (χ4n) is 4.15. The van der Waals surface area contributed by atoms with Crippen LogP contribution in [-0.2, 0) is 9.53 Å². The second-order valence-corrected chi connectivity index (χ2v) is 9.07.